The molecule has 1 fully saturated rings. The van der Waals surface area contributed by atoms with E-state index in [2.05, 4.69) is 27.4 Å². The molecule has 152 valence electrons. The van der Waals surface area contributed by atoms with Crippen LogP contribution >= 0.6 is 0 Å². The average Bonchev–Trinajstić information content (AvgIpc) is 2.66. The summed E-state index contributed by atoms with van der Waals surface area (Å²) in [6, 6.07) is 6.79. The van der Waals surface area contributed by atoms with Crippen LogP contribution in [0.2, 0.25) is 0 Å². The summed E-state index contributed by atoms with van der Waals surface area (Å²) in [5, 5.41) is 6.70. The number of hydrogen-bond donors (Lipinski definition) is 2. The molecule has 0 radical (unpaired) electrons. The van der Waals surface area contributed by atoms with E-state index in [4.69, 9.17) is 9.73 Å². The SMILES string of the molecule is CCNC(=NCC(c1cccc(F)c1)N(C)C)NCCCN1CCOCC1. The Morgan fingerprint density at radius 1 is 1.30 bits per heavy atom. The van der Waals surface area contributed by atoms with Crippen LogP contribution in [-0.2, 0) is 4.74 Å². The zero-order valence-corrected chi connectivity index (χ0v) is 16.9. The van der Waals surface area contributed by atoms with Crippen LogP contribution in [0.15, 0.2) is 29.3 Å². The molecule has 1 aliphatic rings. The van der Waals surface area contributed by atoms with Crippen molar-refractivity contribution in [3.63, 3.8) is 0 Å². The van der Waals surface area contributed by atoms with E-state index in [0.29, 0.717) is 6.54 Å². The molecule has 0 amide bonds. The first kappa shape index (κ1) is 21.6. The summed E-state index contributed by atoms with van der Waals surface area (Å²) in [5.74, 6) is 0.596. The van der Waals surface area contributed by atoms with Crippen LogP contribution < -0.4 is 10.6 Å². The van der Waals surface area contributed by atoms with Crippen molar-refractivity contribution in [2.75, 3.05) is 66.6 Å². The maximum Gasteiger partial charge on any atom is 0.191 e. The number of guanidine groups is 1. The lowest BCUT2D eigenvalue weighted by Gasteiger charge is -2.26. The van der Waals surface area contributed by atoms with Crippen molar-refractivity contribution < 1.29 is 9.13 Å². The van der Waals surface area contributed by atoms with E-state index < -0.39 is 0 Å². The summed E-state index contributed by atoms with van der Waals surface area (Å²) >= 11 is 0. The van der Waals surface area contributed by atoms with Gasteiger partial charge in [-0.25, -0.2) is 4.39 Å². The summed E-state index contributed by atoms with van der Waals surface area (Å²) in [7, 11) is 3.99. The molecule has 0 aromatic heterocycles. The lowest BCUT2D eigenvalue weighted by atomic mass is 10.1. The third kappa shape index (κ3) is 7.82. The lowest BCUT2D eigenvalue weighted by molar-refractivity contribution is 0.0376. The monoisotopic (exact) mass is 379 g/mol. The van der Waals surface area contributed by atoms with E-state index in [1.807, 2.05) is 20.2 Å². The van der Waals surface area contributed by atoms with Crippen molar-refractivity contribution in [1.29, 1.82) is 0 Å². The second-order valence-electron chi connectivity index (χ2n) is 6.99. The predicted octanol–water partition coefficient (Wildman–Crippen LogP) is 1.71. The Morgan fingerprint density at radius 3 is 2.74 bits per heavy atom. The molecular weight excluding hydrogens is 345 g/mol. The Labute approximate surface area is 162 Å². The fourth-order valence-electron chi connectivity index (χ4n) is 3.13. The number of likely N-dealkylation sites (N-methyl/N-ethyl adjacent to an activating group) is 1. The fourth-order valence-corrected chi connectivity index (χ4v) is 3.13. The van der Waals surface area contributed by atoms with Crippen molar-refractivity contribution in [3.8, 4) is 0 Å². The highest BCUT2D eigenvalue weighted by atomic mass is 19.1. The van der Waals surface area contributed by atoms with Crippen LogP contribution in [0.25, 0.3) is 0 Å². The number of benzene rings is 1. The summed E-state index contributed by atoms with van der Waals surface area (Å²) in [6.45, 7) is 9.08. The number of aliphatic imine (C=N–C) groups is 1. The molecule has 1 heterocycles. The van der Waals surface area contributed by atoms with Gasteiger partial charge in [-0.3, -0.25) is 9.89 Å². The van der Waals surface area contributed by atoms with Gasteiger partial charge in [0.1, 0.15) is 5.82 Å². The van der Waals surface area contributed by atoms with Crippen molar-refractivity contribution in [2.24, 2.45) is 4.99 Å². The van der Waals surface area contributed by atoms with E-state index >= 15 is 0 Å². The van der Waals surface area contributed by atoms with Crippen molar-refractivity contribution >= 4 is 5.96 Å². The van der Waals surface area contributed by atoms with E-state index in [1.165, 1.54) is 6.07 Å². The first-order chi connectivity index (χ1) is 13.1. The molecule has 6 nitrogen and oxygen atoms in total. The Balaban J connectivity index is 1.86. The maximum absolute atomic E-state index is 13.6. The van der Waals surface area contributed by atoms with Crippen LogP contribution in [0.1, 0.15) is 24.9 Å². The first-order valence-corrected chi connectivity index (χ1v) is 9.84. The quantitative estimate of drug-likeness (QED) is 0.389. The smallest absolute Gasteiger partial charge is 0.191 e. The standard InChI is InChI=1S/C20H34FN5O/c1-4-22-20(23-9-6-10-26-11-13-27-14-12-26)24-16-19(25(2)3)17-7-5-8-18(21)15-17/h5,7-8,15,19H,4,6,9-14,16H2,1-3H3,(H2,22,23,24). The minimum Gasteiger partial charge on any atom is -0.379 e. The summed E-state index contributed by atoms with van der Waals surface area (Å²) < 4.78 is 19.0. The zero-order chi connectivity index (χ0) is 19.5. The van der Waals surface area contributed by atoms with Gasteiger partial charge in [-0.05, 0) is 51.7 Å². The molecule has 1 aliphatic heterocycles. The number of ether oxygens (including phenoxy) is 1. The van der Waals surface area contributed by atoms with Gasteiger partial charge in [-0.2, -0.15) is 0 Å². The largest absolute Gasteiger partial charge is 0.379 e. The van der Waals surface area contributed by atoms with Crippen molar-refractivity contribution in [2.45, 2.75) is 19.4 Å². The van der Waals surface area contributed by atoms with Crippen LogP contribution in [-0.4, -0.2) is 82.3 Å². The molecule has 2 rings (SSSR count). The number of halogens is 1. The van der Waals surface area contributed by atoms with Crippen LogP contribution in [0, 0.1) is 5.82 Å². The molecule has 0 bridgehead atoms. The number of rotatable bonds is 9. The Bertz CT molecular complexity index is 575. The summed E-state index contributed by atoms with van der Waals surface area (Å²) in [4.78, 5) is 9.22. The van der Waals surface area contributed by atoms with E-state index in [9.17, 15) is 4.39 Å². The Kier molecular flexibility index (Phi) is 9.52. The fraction of sp³-hybridized carbons (Fsp3) is 0.650. The number of nitrogens with one attached hydrogen (secondary N) is 2. The number of morpholine rings is 1. The van der Waals surface area contributed by atoms with Gasteiger partial charge >= 0.3 is 0 Å². The van der Waals surface area contributed by atoms with Gasteiger partial charge < -0.3 is 20.3 Å². The molecule has 0 saturated carbocycles. The molecule has 2 N–H and O–H groups in total. The van der Waals surface area contributed by atoms with Gasteiger partial charge in [0.25, 0.3) is 0 Å². The highest BCUT2D eigenvalue weighted by Gasteiger charge is 2.15. The molecule has 27 heavy (non-hydrogen) atoms. The highest BCUT2D eigenvalue weighted by Crippen LogP contribution is 2.19. The van der Waals surface area contributed by atoms with Gasteiger partial charge in [0.05, 0.1) is 25.8 Å². The van der Waals surface area contributed by atoms with Gasteiger partial charge in [0, 0.05) is 26.2 Å². The van der Waals surface area contributed by atoms with Crippen LogP contribution in [0.5, 0.6) is 0 Å². The lowest BCUT2D eigenvalue weighted by Crippen LogP contribution is -2.41. The van der Waals surface area contributed by atoms with Crippen LogP contribution in [0.3, 0.4) is 0 Å². The minimum atomic E-state index is -0.212. The van der Waals surface area contributed by atoms with E-state index in [-0.39, 0.29) is 11.9 Å². The molecule has 1 atom stereocenters. The Hall–Kier alpha value is -1.70. The summed E-state index contributed by atoms with van der Waals surface area (Å²) in [5.41, 5.74) is 0.937. The number of hydrogen-bond acceptors (Lipinski definition) is 4. The van der Waals surface area contributed by atoms with Gasteiger partial charge in [-0.15, -0.1) is 0 Å². The molecule has 1 aromatic carbocycles. The topological polar surface area (TPSA) is 52.1 Å². The molecule has 1 saturated heterocycles. The van der Waals surface area contributed by atoms with Gasteiger partial charge in [0.15, 0.2) is 5.96 Å². The second kappa shape index (κ2) is 11.9. The minimum absolute atomic E-state index is 0.0320. The third-order valence-corrected chi connectivity index (χ3v) is 4.67. The van der Waals surface area contributed by atoms with Crippen LogP contribution in [0.4, 0.5) is 4.39 Å². The second-order valence-corrected chi connectivity index (χ2v) is 6.99. The van der Waals surface area contributed by atoms with Crippen molar-refractivity contribution in [3.05, 3.63) is 35.6 Å². The van der Waals surface area contributed by atoms with Gasteiger partial charge in [-0.1, -0.05) is 12.1 Å². The highest BCUT2D eigenvalue weighted by molar-refractivity contribution is 5.79. The molecule has 0 spiro atoms. The predicted molar refractivity (Wildman–Crippen MR) is 109 cm³/mol. The molecule has 1 aromatic rings. The van der Waals surface area contributed by atoms with Crippen molar-refractivity contribution in [1.82, 2.24) is 20.4 Å². The molecule has 1 unspecified atom stereocenters. The molecule has 0 aliphatic carbocycles. The summed E-state index contributed by atoms with van der Waals surface area (Å²) in [6.07, 6.45) is 1.06. The van der Waals surface area contributed by atoms with E-state index in [1.54, 1.807) is 12.1 Å². The Morgan fingerprint density at radius 2 is 2.07 bits per heavy atom. The first-order valence-electron chi connectivity index (χ1n) is 9.84. The third-order valence-electron chi connectivity index (χ3n) is 4.67. The normalized spacial score (nSPS) is 17.1. The number of nitrogens with zero attached hydrogens (tertiary/aromatic N) is 3. The maximum atomic E-state index is 13.6. The zero-order valence-electron chi connectivity index (χ0n) is 16.9. The van der Waals surface area contributed by atoms with E-state index in [0.717, 1.165) is 63.9 Å². The molecule has 7 heteroatoms. The van der Waals surface area contributed by atoms with Gasteiger partial charge in [0.2, 0.25) is 0 Å². The average molecular weight is 380 g/mol. The molecular formula is C20H34FN5O.